The van der Waals surface area contributed by atoms with Crippen molar-refractivity contribution in [3.63, 3.8) is 0 Å². The van der Waals surface area contributed by atoms with E-state index in [1.54, 1.807) is 81.4 Å². The number of carbonyl (C=O) groups is 7. The molecule has 7 amide bonds. The van der Waals surface area contributed by atoms with Gasteiger partial charge in [0.05, 0.1) is 12.8 Å². The number of rotatable bonds is 14. The summed E-state index contributed by atoms with van der Waals surface area (Å²) in [6.45, 7) is 4.73. The lowest BCUT2D eigenvalue weighted by atomic mass is 10.0. The molecule has 0 saturated heterocycles. The van der Waals surface area contributed by atoms with Gasteiger partial charge in [0.1, 0.15) is 30.3 Å². The maximum Gasteiger partial charge on any atom is 0.426 e. The zero-order chi connectivity index (χ0) is 34.3. The van der Waals surface area contributed by atoms with Crippen LogP contribution < -0.4 is 38.3 Å². The van der Waals surface area contributed by atoms with Gasteiger partial charge >= 0.3 is 12.2 Å². The van der Waals surface area contributed by atoms with Gasteiger partial charge < -0.3 is 36.9 Å². The quantitative estimate of drug-likeness (QED) is 0.135. The summed E-state index contributed by atoms with van der Waals surface area (Å²) >= 11 is 0. The predicted molar refractivity (Wildman–Crippen MR) is 163 cm³/mol. The van der Waals surface area contributed by atoms with Crippen LogP contribution in [0.4, 0.5) is 9.59 Å². The number of hydrogen-bond acceptors (Lipinski definition) is 9. The molecule has 248 valence electrons. The van der Waals surface area contributed by atoms with Crippen molar-refractivity contribution < 1.29 is 43.0 Å². The average molecular weight is 642 g/mol. The smallest absolute Gasteiger partial charge is 0.426 e. The Morgan fingerprint density at radius 2 is 1.11 bits per heavy atom. The highest BCUT2D eigenvalue weighted by Gasteiger charge is 2.32. The predicted octanol–water partition coefficient (Wildman–Crippen LogP) is -0.200. The van der Waals surface area contributed by atoms with E-state index >= 15 is 0 Å². The number of ether oxygens (including phenoxy) is 2. The number of alkyl carbamates (subject to hydrolysis) is 1. The highest BCUT2D eigenvalue weighted by Crippen LogP contribution is 2.08. The van der Waals surface area contributed by atoms with Gasteiger partial charge in [-0.15, -0.1) is 0 Å². The van der Waals surface area contributed by atoms with E-state index in [4.69, 9.17) is 20.9 Å². The second-order valence-electron chi connectivity index (χ2n) is 11.0. The number of benzene rings is 2. The van der Waals surface area contributed by atoms with Gasteiger partial charge in [-0.25, -0.2) is 15.0 Å². The fraction of sp³-hybridized carbons (Fsp3) is 0.367. The SMILES string of the molecule is CC(C)(C)OC(=O)NNC(=O)[C@H](Cc1ccccc1)NC(=O)[C@H](CC(N)=O)NC(=O)[C@H](CC(N)=O)NC(=O)OCc1ccccc1. The molecule has 3 atom stereocenters. The van der Waals surface area contributed by atoms with Gasteiger partial charge in [0, 0.05) is 6.42 Å². The minimum atomic E-state index is -1.65. The summed E-state index contributed by atoms with van der Waals surface area (Å²) < 4.78 is 10.2. The van der Waals surface area contributed by atoms with Crippen LogP contribution in [0, 0.1) is 0 Å². The van der Waals surface area contributed by atoms with Gasteiger partial charge in [0.25, 0.3) is 5.91 Å². The van der Waals surface area contributed by atoms with Crippen LogP contribution in [0.15, 0.2) is 60.7 Å². The highest BCUT2D eigenvalue weighted by atomic mass is 16.6. The zero-order valence-electron chi connectivity index (χ0n) is 25.7. The molecule has 9 N–H and O–H groups in total. The first-order chi connectivity index (χ1) is 21.6. The Balaban J connectivity index is 2.17. The summed E-state index contributed by atoms with van der Waals surface area (Å²) in [6, 6.07) is 12.6. The van der Waals surface area contributed by atoms with Gasteiger partial charge in [-0.05, 0) is 31.9 Å². The van der Waals surface area contributed by atoms with Crippen LogP contribution in [0.3, 0.4) is 0 Å². The lowest BCUT2D eigenvalue weighted by Gasteiger charge is -2.25. The average Bonchev–Trinajstić information content (AvgIpc) is 2.97. The van der Waals surface area contributed by atoms with E-state index in [-0.39, 0.29) is 13.0 Å². The molecule has 2 aromatic carbocycles. The van der Waals surface area contributed by atoms with Gasteiger partial charge in [-0.3, -0.25) is 29.4 Å². The van der Waals surface area contributed by atoms with E-state index in [1.807, 2.05) is 0 Å². The molecule has 2 aromatic rings. The molecule has 0 spiro atoms. The molecular formula is C30H39N7O9. The summed E-state index contributed by atoms with van der Waals surface area (Å²) in [5.41, 5.74) is 15.2. The molecule has 46 heavy (non-hydrogen) atoms. The minimum Gasteiger partial charge on any atom is -0.445 e. The monoisotopic (exact) mass is 641 g/mol. The van der Waals surface area contributed by atoms with Crippen LogP contribution >= 0.6 is 0 Å². The third-order valence-electron chi connectivity index (χ3n) is 5.87. The third kappa shape index (κ3) is 14.2. The number of amides is 7. The summed E-state index contributed by atoms with van der Waals surface area (Å²) in [6.07, 6.45) is -3.47. The normalized spacial score (nSPS) is 12.7. The van der Waals surface area contributed by atoms with Crippen LogP contribution in [0.1, 0.15) is 44.7 Å². The molecule has 16 nitrogen and oxygen atoms in total. The third-order valence-corrected chi connectivity index (χ3v) is 5.87. The molecule has 0 aliphatic rings. The maximum absolute atomic E-state index is 13.3. The molecule has 0 bridgehead atoms. The van der Waals surface area contributed by atoms with Gasteiger partial charge in [0.2, 0.25) is 23.6 Å². The Morgan fingerprint density at radius 3 is 1.61 bits per heavy atom. The first kappa shape index (κ1) is 36.5. The van der Waals surface area contributed by atoms with Crippen molar-refractivity contribution in [1.82, 2.24) is 26.8 Å². The second kappa shape index (κ2) is 17.6. The molecule has 0 heterocycles. The van der Waals surface area contributed by atoms with E-state index < -0.39 is 78.3 Å². The number of nitrogens with two attached hydrogens (primary N) is 2. The van der Waals surface area contributed by atoms with E-state index in [2.05, 4.69) is 26.8 Å². The van der Waals surface area contributed by atoms with Crippen molar-refractivity contribution in [2.75, 3.05) is 0 Å². The van der Waals surface area contributed by atoms with Crippen molar-refractivity contribution in [3.8, 4) is 0 Å². The first-order valence-electron chi connectivity index (χ1n) is 14.1. The zero-order valence-corrected chi connectivity index (χ0v) is 25.7. The number of nitrogens with one attached hydrogen (secondary N) is 5. The Bertz CT molecular complexity index is 1380. The first-order valence-corrected chi connectivity index (χ1v) is 14.1. The molecule has 0 radical (unpaired) electrons. The van der Waals surface area contributed by atoms with Crippen LogP contribution in [0.2, 0.25) is 0 Å². The molecule has 16 heteroatoms. The minimum absolute atomic E-state index is 0.0647. The molecule has 0 aromatic heterocycles. The standard InChI is InChI=1S/C30H39N7O9/c1-30(2,3)46-29(44)37-36-27(42)20(14-18-10-6-4-7-11-18)33-25(40)21(15-23(31)38)34-26(41)22(16-24(32)39)35-28(43)45-17-19-12-8-5-9-13-19/h4-13,20-22H,14-17H2,1-3H3,(H2,31,38)(H2,32,39)(H,33,40)(H,34,41)(H,35,43)(H,36,42)(H,37,44)/t20-,21-,22-/m0/s1. The Hall–Kier alpha value is -5.67. The van der Waals surface area contributed by atoms with Crippen LogP contribution in [-0.2, 0) is 46.5 Å². The fourth-order valence-corrected chi connectivity index (χ4v) is 3.84. The summed E-state index contributed by atoms with van der Waals surface area (Å²) in [5.74, 6) is -4.88. The van der Waals surface area contributed by atoms with E-state index in [0.29, 0.717) is 11.1 Å². The molecule has 2 rings (SSSR count). The van der Waals surface area contributed by atoms with Crippen LogP contribution in [0.25, 0.3) is 0 Å². The van der Waals surface area contributed by atoms with Crippen molar-refractivity contribution in [1.29, 1.82) is 0 Å². The summed E-state index contributed by atoms with van der Waals surface area (Å²) in [7, 11) is 0. The molecule has 0 aliphatic heterocycles. The largest absolute Gasteiger partial charge is 0.445 e. The van der Waals surface area contributed by atoms with E-state index in [1.165, 1.54) is 0 Å². The van der Waals surface area contributed by atoms with Crippen molar-refractivity contribution in [2.45, 2.75) is 70.4 Å². The fourth-order valence-electron chi connectivity index (χ4n) is 3.84. The lowest BCUT2D eigenvalue weighted by Crippen LogP contribution is -2.59. The van der Waals surface area contributed by atoms with Crippen molar-refractivity contribution in [2.24, 2.45) is 11.5 Å². The van der Waals surface area contributed by atoms with Crippen molar-refractivity contribution in [3.05, 3.63) is 71.8 Å². The number of carbonyl (C=O) groups excluding carboxylic acids is 7. The topological polar surface area (TPSA) is 250 Å². The Kier molecular flexibility index (Phi) is 14.0. The molecule has 0 aliphatic carbocycles. The highest BCUT2D eigenvalue weighted by molar-refractivity contribution is 5.97. The van der Waals surface area contributed by atoms with Crippen LogP contribution in [-0.4, -0.2) is 65.4 Å². The van der Waals surface area contributed by atoms with Crippen molar-refractivity contribution >= 4 is 41.7 Å². The van der Waals surface area contributed by atoms with E-state index in [9.17, 15) is 33.6 Å². The Morgan fingerprint density at radius 1 is 0.630 bits per heavy atom. The number of hydrazine groups is 1. The van der Waals surface area contributed by atoms with Gasteiger partial charge in [-0.1, -0.05) is 60.7 Å². The Labute approximate surface area is 265 Å². The second-order valence-corrected chi connectivity index (χ2v) is 11.0. The molecule has 0 fully saturated rings. The molecule has 0 saturated carbocycles. The summed E-state index contributed by atoms with van der Waals surface area (Å²) in [5, 5.41) is 6.92. The maximum atomic E-state index is 13.3. The summed E-state index contributed by atoms with van der Waals surface area (Å²) in [4.78, 5) is 87.4. The molecular weight excluding hydrogens is 602 g/mol. The lowest BCUT2D eigenvalue weighted by molar-refractivity contribution is -0.134. The molecule has 0 unspecified atom stereocenters. The van der Waals surface area contributed by atoms with Gasteiger partial charge in [-0.2, -0.15) is 0 Å². The van der Waals surface area contributed by atoms with Crippen LogP contribution in [0.5, 0.6) is 0 Å². The number of hydrogen-bond donors (Lipinski definition) is 7. The van der Waals surface area contributed by atoms with E-state index in [0.717, 1.165) is 0 Å². The number of primary amides is 2. The van der Waals surface area contributed by atoms with Gasteiger partial charge in [0.15, 0.2) is 0 Å².